The largest absolute Gasteiger partial charge is 0.383 e. The predicted octanol–water partition coefficient (Wildman–Crippen LogP) is 4.30. The van der Waals surface area contributed by atoms with Crippen LogP contribution in [0.1, 0.15) is 70.0 Å². The number of hydrogen-bond donors (Lipinski definition) is 1. The van der Waals surface area contributed by atoms with Crippen LogP contribution in [0.25, 0.3) is 0 Å². The highest BCUT2D eigenvalue weighted by molar-refractivity contribution is 7.09. The number of nitrogens with one attached hydrogen (secondary N) is 1. The van der Waals surface area contributed by atoms with Gasteiger partial charge in [0.05, 0.1) is 17.8 Å². The quantitative estimate of drug-likeness (QED) is 0.796. The first-order valence-corrected chi connectivity index (χ1v) is 8.96. The molecular formula is C17H30N2OS. The number of methoxy groups -OCH3 is 1. The molecule has 120 valence electrons. The maximum absolute atomic E-state index is 5.22. The third kappa shape index (κ3) is 4.05. The van der Waals surface area contributed by atoms with E-state index in [9.17, 15) is 0 Å². The number of nitrogens with zero attached hydrogens (tertiary/aromatic N) is 1. The molecule has 0 amide bonds. The van der Waals surface area contributed by atoms with Crippen LogP contribution >= 0.6 is 11.3 Å². The number of rotatable bonds is 6. The van der Waals surface area contributed by atoms with Crippen molar-refractivity contribution >= 4 is 11.3 Å². The minimum absolute atomic E-state index is 0.0614. The fourth-order valence-corrected chi connectivity index (χ4v) is 4.20. The molecule has 0 radical (unpaired) electrons. The van der Waals surface area contributed by atoms with Gasteiger partial charge in [-0.2, -0.15) is 0 Å². The van der Waals surface area contributed by atoms with Crippen molar-refractivity contribution in [2.45, 2.75) is 64.8 Å². The Morgan fingerprint density at radius 1 is 1.29 bits per heavy atom. The molecule has 0 bridgehead atoms. The summed E-state index contributed by atoms with van der Waals surface area (Å²) in [6.07, 6.45) is 4.86. The summed E-state index contributed by atoms with van der Waals surface area (Å²) < 4.78 is 5.22. The second-order valence-corrected chi connectivity index (χ2v) is 8.26. The molecule has 0 aromatic carbocycles. The first-order chi connectivity index (χ1) is 9.88. The van der Waals surface area contributed by atoms with Gasteiger partial charge in [-0.3, -0.25) is 0 Å². The van der Waals surface area contributed by atoms with Gasteiger partial charge in [0.1, 0.15) is 5.01 Å². The van der Waals surface area contributed by atoms with Crippen LogP contribution in [0, 0.1) is 5.41 Å². The van der Waals surface area contributed by atoms with E-state index in [1.165, 1.54) is 36.4 Å². The Balaban J connectivity index is 2.18. The molecule has 4 heteroatoms. The Hall–Kier alpha value is -0.450. The average molecular weight is 311 g/mol. The lowest BCUT2D eigenvalue weighted by Gasteiger charge is -2.43. The van der Waals surface area contributed by atoms with Crippen LogP contribution in [0.2, 0.25) is 0 Å². The molecule has 1 saturated carbocycles. The molecule has 2 rings (SSSR count). The number of hydrogen-bond acceptors (Lipinski definition) is 4. The molecule has 1 aliphatic rings. The third-order valence-electron chi connectivity index (χ3n) is 4.75. The van der Waals surface area contributed by atoms with Gasteiger partial charge in [0, 0.05) is 19.0 Å². The standard InChI is InChI=1S/C17H30N2OS/c1-13(2)14-12-21-15(19-14)17(18-10-11-20-5)8-6-16(3,4)7-9-17/h12-13,18H,6-11H2,1-5H3. The first kappa shape index (κ1) is 16.9. The zero-order valence-electron chi connectivity index (χ0n) is 14.2. The van der Waals surface area contributed by atoms with Gasteiger partial charge in [0.25, 0.3) is 0 Å². The number of aromatic nitrogens is 1. The van der Waals surface area contributed by atoms with E-state index in [0.717, 1.165) is 13.2 Å². The minimum atomic E-state index is 0.0614. The topological polar surface area (TPSA) is 34.1 Å². The zero-order valence-corrected chi connectivity index (χ0v) is 15.0. The minimum Gasteiger partial charge on any atom is -0.383 e. The highest BCUT2D eigenvalue weighted by Gasteiger charge is 2.41. The highest BCUT2D eigenvalue weighted by atomic mass is 32.1. The SMILES string of the molecule is COCCNC1(c2nc(C(C)C)cs2)CCC(C)(C)CC1. The molecule has 3 nitrogen and oxygen atoms in total. The molecule has 1 aliphatic carbocycles. The normalized spacial score (nSPS) is 20.9. The van der Waals surface area contributed by atoms with Crippen molar-refractivity contribution in [1.82, 2.24) is 10.3 Å². The van der Waals surface area contributed by atoms with E-state index in [1.54, 1.807) is 7.11 Å². The van der Waals surface area contributed by atoms with Crippen LogP contribution in [0.3, 0.4) is 0 Å². The Bertz CT molecular complexity index is 443. The van der Waals surface area contributed by atoms with Crippen molar-refractivity contribution in [2.24, 2.45) is 5.41 Å². The first-order valence-electron chi connectivity index (χ1n) is 8.08. The van der Waals surface area contributed by atoms with E-state index in [2.05, 4.69) is 38.4 Å². The molecular weight excluding hydrogens is 280 g/mol. The van der Waals surface area contributed by atoms with Crippen molar-refractivity contribution in [1.29, 1.82) is 0 Å². The maximum Gasteiger partial charge on any atom is 0.113 e. The predicted molar refractivity (Wildman–Crippen MR) is 90.0 cm³/mol. The van der Waals surface area contributed by atoms with Gasteiger partial charge in [-0.1, -0.05) is 27.7 Å². The van der Waals surface area contributed by atoms with Gasteiger partial charge in [0.15, 0.2) is 0 Å². The number of ether oxygens (including phenoxy) is 1. The third-order valence-corrected chi connectivity index (χ3v) is 5.81. The smallest absolute Gasteiger partial charge is 0.113 e. The summed E-state index contributed by atoms with van der Waals surface area (Å²) in [5, 5.41) is 7.28. The average Bonchev–Trinajstić information content (AvgIpc) is 2.92. The van der Waals surface area contributed by atoms with E-state index in [4.69, 9.17) is 9.72 Å². The molecule has 1 aromatic rings. The van der Waals surface area contributed by atoms with Gasteiger partial charge in [-0.05, 0) is 37.0 Å². The molecule has 0 unspecified atom stereocenters. The second-order valence-electron chi connectivity index (χ2n) is 7.40. The summed E-state index contributed by atoms with van der Waals surface area (Å²) in [5.74, 6) is 0.506. The van der Waals surface area contributed by atoms with Crippen molar-refractivity contribution < 1.29 is 4.74 Å². The van der Waals surface area contributed by atoms with Gasteiger partial charge in [-0.15, -0.1) is 11.3 Å². The van der Waals surface area contributed by atoms with Crippen LogP contribution in [-0.4, -0.2) is 25.2 Å². The molecule has 1 N–H and O–H groups in total. The van der Waals surface area contributed by atoms with Crippen molar-refractivity contribution in [3.05, 3.63) is 16.1 Å². The molecule has 0 atom stereocenters. The Kier molecular flexibility index (Phi) is 5.44. The van der Waals surface area contributed by atoms with Gasteiger partial charge in [0.2, 0.25) is 0 Å². The molecule has 0 spiro atoms. The van der Waals surface area contributed by atoms with E-state index in [-0.39, 0.29) is 5.54 Å². The lowest BCUT2D eigenvalue weighted by atomic mass is 9.69. The van der Waals surface area contributed by atoms with Crippen molar-refractivity contribution in [2.75, 3.05) is 20.3 Å². The van der Waals surface area contributed by atoms with Crippen molar-refractivity contribution in [3.8, 4) is 0 Å². The highest BCUT2D eigenvalue weighted by Crippen LogP contribution is 2.46. The van der Waals surface area contributed by atoms with E-state index in [0.29, 0.717) is 11.3 Å². The molecule has 1 aromatic heterocycles. The molecule has 21 heavy (non-hydrogen) atoms. The summed E-state index contributed by atoms with van der Waals surface area (Å²) >= 11 is 1.83. The maximum atomic E-state index is 5.22. The molecule has 0 aliphatic heterocycles. The summed E-state index contributed by atoms with van der Waals surface area (Å²) in [4.78, 5) is 4.95. The van der Waals surface area contributed by atoms with E-state index < -0.39 is 0 Å². The molecule has 1 heterocycles. The molecule has 0 saturated heterocycles. The van der Waals surface area contributed by atoms with Gasteiger partial charge >= 0.3 is 0 Å². The number of thiazole rings is 1. The van der Waals surface area contributed by atoms with Crippen LogP contribution < -0.4 is 5.32 Å². The van der Waals surface area contributed by atoms with Gasteiger partial charge in [-0.25, -0.2) is 4.98 Å². The van der Waals surface area contributed by atoms with E-state index >= 15 is 0 Å². The summed E-state index contributed by atoms with van der Waals surface area (Å²) in [6.45, 7) is 10.9. The lowest BCUT2D eigenvalue weighted by Crippen LogP contribution is -2.47. The monoisotopic (exact) mass is 310 g/mol. The van der Waals surface area contributed by atoms with Crippen LogP contribution in [0.4, 0.5) is 0 Å². The van der Waals surface area contributed by atoms with Crippen LogP contribution in [-0.2, 0) is 10.3 Å². The zero-order chi connectivity index (χ0) is 15.5. The Morgan fingerprint density at radius 2 is 1.95 bits per heavy atom. The van der Waals surface area contributed by atoms with Crippen LogP contribution in [0.15, 0.2) is 5.38 Å². The molecule has 1 fully saturated rings. The summed E-state index contributed by atoms with van der Waals surface area (Å²) in [5.41, 5.74) is 1.75. The van der Waals surface area contributed by atoms with Crippen LogP contribution in [0.5, 0.6) is 0 Å². The fraction of sp³-hybridized carbons (Fsp3) is 0.824. The van der Waals surface area contributed by atoms with Gasteiger partial charge < -0.3 is 10.1 Å². The Labute approximate surface area is 133 Å². The van der Waals surface area contributed by atoms with Crippen molar-refractivity contribution in [3.63, 3.8) is 0 Å². The summed E-state index contributed by atoms with van der Waals surface area (Å²) in [6, 6.07) is 0. The fourth-order valence-electron chi connectivity index (χ4n) is 2.98. The summed E-state index contributed by atoms with van der Waals surface area (Å²) in [7, 11) is 1.76. The Morgan fingerprint density at radius 3 is 2.48 bits per heavy atom. The lowest BCUT2D eigenvalue weighted by molar-refractivity contribution is 0.119. The van der Waals surface area contributed by atoms with E-state index in [1.807, 2.05) is 11.3 Å². The second kappa shape index (κ2) is 6.76.